The summed E-state index contributed by atoms with van der Waals surface area (Å²) in [6.45, 7) is 2.32. The molecule has 0 aliphatic heterocycles. The number of para-hydroxylation sites is 1. The molecular weight excluding hydrogens is 274 g/mol. The Balaban J connectivity index is 2.19. The molecule has 0 bridgehead atoms. The average molecular weight is 292 g/mol. The molecule has 2 aromatic carbocycles. The fourth-order valence-electron chi connectivity index (χ4n) is 2.00. The lowest BCUT2D eigenvalue weighted by Gasteiger charge is -2.15. The summed E-state index contributed by atoms with van der Waals surface area (Å²) in [5.41, 5.74) is 7.82. The van der Waals surface area contributed by atoms with Gasteiger partial charge in [0, 0.05) is 22.2 Å². The molecule has 4 heteroatoms. The van der Waals surface area contributed by atoms with Crippen molar-refractivity contribution in [1.82, 2.24) is 0 Å². The van der Waals surface area contributed by atoms with Crippen LogP contribution in [0.5, 0.6) is 11.5 Å². The number of benzene rings is 2. The smallest absolute Gasteiger partial charge is 0.125 e. The second-order valence-electron chi connectivity index (χ2n) is 4.57. The van der Waals surface area contributed by atoms with Crippen LogP contribution in [0.15, 0.2) is 42.5 Å². The number of methoxy groups -OCH3 is 1. The zero-order valence-electron chi connectivity index (χ0n) is 11.6. The second kappa shape index (κ2) is 6.64. The quantitative estimate of drug-likeness (QED) is 0.907. The topological polar surface area (TPSA) is 44.5 Å². The Morgan fingerprint density at radius 2 is 1.90 bits per heavy atom. The molecule has 20 heavy (non-hydrogen) atoms. The van der Waals surface area contributed by atoms with Gasteiger partial charge in [0.05, 0.1) is 7.11 Å². The third-order valence-electron chi connectivity index (χ3n) is 3.04. The molecule has 3 nitrogen and oxygen atoms in total. The number of halogens is 1. The number of hydrogen-bond donors (Lipinski definition) is 1. The van der Waals surface area contributed by atoms with Crippen LogP contribution in [0.4, 0.5) is 0 Å². The number of ether oxygens (including phenoxy) is 2. The van der Waals surface area contributed by atoms with Crippen molar-refractivity contribution in [2.45, 2.75) is 19.6 Å². The van der Waals surface area contributed by atoms with Crippen LogP contribution in [0.1, 0.15) is 24.1 Å². The number of nitrogens with two attached hydrogens (primary N) is 1. The van der Waals surface area contributed by atoms with Gasteiger partial charge in [-0.25, -0.2) is 0 Å². The molecule has 0 radical (unpaired) electrons. The highest BCUT2D eigenvalue weighted by Crippen LogP contribution is 2.27. The van der Waals surface area contributed by atoms with Crippen LogP contribution in [0, 0.1) is 0 Å². The van der Waals surface area contributed by atoms with Crippen molar-refractivity contribution in [1.29, 1.82) is 0 Å². The summed E-state index contributed by atoms with van der Waals surface area (Å²) >= 11 is 6.01. The Kier molecular flexibility index (Phi) is 4.88. The van der Waals surface area contributed by atoms with Gasteiger partial charge in [-0.15, -0.1) is 0 Å². The van der Waals surface area contributed by atoms with Crippen LogP contribution in [0.3, 0.4) is 0 Å². The van der Waals surface area contributed by atoms with E-state index in [0.717, 1.165) is 22.6 Å². The lowest BCUT2D eigenvalue weighted by molar-refractivity contribution is 0.292. The second-order valence-corrected chi connectivity index (χ2v) is 5.01. The third-order valence-corrected chi connectivity index (χ3v) is 3.27. The molecule has 0 spiro atoms. The van der Waals surface area contributed by atoms with E-state index in [0.29, 0.717) is 11.6 Å². The molecule has 2 rings (SSSR count). The highest BCUT2D eigenvalue weighted by Gasteiger charge is 2.09. The zero-order chi connectivity index (χ0) is 14.5. The standard InChI is InChI=1S/C16H18ClNO2/c1-11(18)14-5-3-4-6-16(14)20-10-12-9-13(17)7-8-15(12)19-2/h3-9,11H,10,18H2,1-2H3. The van der Waals surface area contributed by atoms with E-state index in [1.807, 2.05) is 43.3 Å². The Morgan fingerprint density at radius 3 is 2.60 bits per heavy atom. The van der Waals surface area contributed by atoms with Crippen LogP contribution in [0.25, 0.3) is 0 Å². The normalized spacial score (nSPS) is 12.0. The summed E-state index contributed by atoms with van der Waals surface area (Å²) in [5.74, 6) is 1.54. The van der Waals surface area contributed by atoms with Crippen LogP contribution in [-0.4, -0.2) is 7.11 Å². The molecule has 0 amide bonds. The summed E-state index contributed by atoms with van der Waals surface area (Å²) in [6, 6.07) is 13.1. The minimum atomic E-state index is -0.0764. The fourth-order valence-corrected chi connectivity index (χ4v) is 2.20. The summed E-state index contributed by atoms with van der Waals surface area (Å²) in [7, 11) is 1.63. The zero-order valence-corrected chi connectivity index (χ0v) is 12.4. The maximum absolute atomic E-state index is 6.01. The van der Waals surface area contributed by atoms with Gasteiger partial charge in [0.1, 0.15) is 18.1 Å². The van der Waals surface area contributed by atoms with Crippen molar-refractivity contribution in [3.05, 3.63) is 58.6 Å². The van der Waals surface area contributed by atoms with E-state index in [2.05, 4.69) is 0 Å². The van der Waals surface area contributed by atoms with E-state index in [9.17, 15) is 0 Å². The SMILES string of the molecule is COc1ccc(Cl)cc1COc1ccccc1C(C)N. The highest BCUT2D eigenvalue weighted by atomic mass is 35.5. The molecule has 1 atom stereocenters. The first-order chi connectivity index (χ1) is 9.61. The van der Waals surface area contributed by atoms with E-state index in [-0.39, 0.29) is 6.04 Å². The highest BCUT2D eigenvalue weighted by molar-refractivity contribution is 6.30. The number of hydrogen-bond acceptors (Lipinski definition) is 3. The Morgan fingerprint density at radius 1 is 1.15 bits per heavy atom. The van der Waals surface area contributed by atoms with Gasteiger partial charge in [0.15, 0.2) is 0 Å². The van der Waals surface area contributed by atoms with Gasteiger partial charge in [-0.05, 0) is 31.2 Å². The first-order valence-corrected chi connectivity index (χ1v) is 6.79. The largest absolute Gasteiger partial charge is 0.496 e. The first-order valence-electron chi connectivity index (χ1n) is 6.41. The van der Waals surface area contributed by atoms with E-state index in [1.165, 1.54) is 0 Å². The van der Waals surface area contributed by atoms with Crippen molar-refractivity contribution in [2.75, 3.05) is 7.11 Å². The molecule has 0 aliphatic carbocycles. The van der Waals surface area contributed by atoms with Gasteiger partial charge in [-0.1, -0.05) is 29.8 Å². The van der Waals surface area contributed by atoms with E-state index in [1.54, 1.807) is 13.2 Å². The fraction of sp³-hybridized carbons (Fsp3) is 0.250. The monoisotopic (exact) mass is 291 g/mol. The van der Waals surface area contributed by atoms with Crippen molar-refractivity contribution < 1.29 is 9.47 Å². The Labute approximate surface area is 124 Å². The Hall–Kier alpha value is -1.71. The predicted molar refractivity (Wildman–Crippen MR) is 81.4 cm³/mol. The summed E-state index contributed by atoms with van der Waals surface area (Å²) in [6.07, 6.45) is 0. The van der Waals surface area contributed by atoms with Crippen molar-refractivity contribution in [3.63, 3.8) is 0 Å². The molecule has 0 aliphatic rings. The molecule has 0 fully saturated rings. The van der Waals surface area contributed by atoms with Gasteiger partial charge in [0.2, 0.25) is 0 Å². The third kappa shape index (κ3) is 3.44. The van der Waals surface area contributed by atoms with Crippen molar-refractivity contribution in [2.24, 2.45) is 5.73 Å². The molecule has 0 heterocycles. The van der Waals surface area contributed by atoms with Crippen molar-refractivity contribution >= 4 is 11.6 Å². The van der Waals surface area contributed by atoms with Gasteiger partial charge in [0.25, 0.3) is 0 Å². The summed E-state index contributed by atoms with van der Waals surface area (Å²) < 4.78 is 11.2. The van der Waals surface area contributed by atoms with Crippen molar-refractivity contribution in [3.8, 4) is 11.5 Å². The minimum Gasteiger partial charge on any atom is -0.496 e. The molecule has 0 aromatic heterocycles. The molecule has 0 saturated heterocycles. The lowest BCUT2D eigenvalue weighted by atomic mass is 10.1. The van der Waals surface area contributed by atoms with Gasteiger partial charge in [-0.3, -0.25) is 0 Å². The van der Waals surface area contributed by atoms with Gasteiger partial charge in [-0.2, -0.15) is 0 Å². The van der Waals surface area contributed by atoms with Gasteiger partial charge >= 0.3 is 0 Å². The minimum absolute atomic E-state index is 0.0764. The molecule has 2 aromatic rings. The van der Waals surface area contributed by atoms with E-state index in [4.69, 9.17) is 26.8 Å². The van der Waals surface area contributed by atoms with E-state index < -0.39 is 0 Å². The first kappa shape index (κ1) is 14.7. The molecular formula is C16H18ClNO2. The van der Waals surface area contributed by atoms with Crippen LogP contribution >= 0.6 is 11.6 Å². The van der Waals surface area contributed by atoms with E-state index >= 15 is 0 Å². The number of rotatable bonds is 5. The van der Waals surface area contributed by atoms with Gasteiger partial charge < -0.3 is 15.2 Å². The molecule has 0 saturated carbocycles. The average Bonchev–Trinajstić information content (AvgIpc) is 2.45. The Bertz CT molecular complexity index is 584. The van der Waals surface area contributed by atoms with Crippen LogP contribution in [-0.2, 0) is 6.61 Å². The lowest BCUT2D eigenvalue weighted by Crippen LogP contribution is -2.08. The molecule has 1 unspecified atom stereocenters. The van der Waals surface area contributed by atoms with Crippen LogP contribution in [0.2, 0.25) is 5.02 Å². The maximum atomic E-state index is 6.01. The maximum Gasteiger partial charge on any atom is 0.125 e. The molecule has 2 N–H and O–H groups in total. The summed E-state index contributed by atoms with van der Waals surface area (Å²) in [5, 5.41) is 0.657. The predicted octanol–water partition coefficient (Wildman–Crippen LogP) is 3.95. The molecule has 106 valence electrons. The van der Waals surface area contributed by atoms with Crippen LogP contribution < -0.4 is 15.2 Å². The summed E-state index contributed by atoms with van der Waals surface area (Å²) in [4.78, 5) is 0.